The number of halogens is 2. The van der Waals surface area contributed by atoms with Crippen LogP contribution in [0.4, 0.5) is 21.7 Å². The Bertz CT molecular complexity index is 935. The van der Waals surface area contributed by atoms with E-state index in [4.69, 9.17) is 16.3 Å². The number of hydrogen-bond donors (Lipinski definition) is 2. The van der Waals surface area contributed by atoms with Crippen molar-refractivity contribution in [3.63, 3.8) is 0 Å². The lowest BCUT2D eigenvalue weighted by molar-refractivity contribution is 0.102. The number of anilines is 3. The van der Waals surface area contributed by atoms with Gasteiger partial charge in [0.1, 0.15) is 17.3 Å². The lowest BCUT2D eigenvalue weighted by atomic mass is 10.3. The van der Waals surface area contributed by atoms with Gasteiger partial charge in [0.05, 0.1) is 12.1 Å². The molecule has 0 spiro atoms. The number of ether oxygens (including phenoxy) is 1. The second-order valence-electron chi connectivity index (χ2n) is 5.20. The summed E-state index contributed by atoms with van der Waals surface area (Å²) in [5.41, 5.74) is 1.28. The highest BCUT2D eigenvalue weighted by Crippen LogP contribution is 2.21. The average molecular weight is 373 g/mol. The fourth-order valence-corrected chi connectivity index (χ4v) is 2.30. The van der Waals surface area contributed by atoms with Crippen LogP contribution in [0.25, 0.3) is 0 Å². The fraction of sp³-hybridized carbons (Fsp3) is 0.0556. The van der Waals surface area contributed by atoms with Crippen LogP contribution in [-0.2, 0) is 0 Å². The molecule has 6 nitrogen and oxygen atoms in total. The van der Waals surface area contributed by atoms with Gasteiger partial charge in [-0.15, -0.1) is 0 Å². The molecule has 0 aliphatic rings. The van der Waals surface area contributed by atoms with Gasteiger partial charge in [-0.3, -0.25) is 4.79 Å². The van der Waals surface area contributed by atoms with Crippen LogP contribution in [0.3, 0.4) is 0 Å². The van der Waals surface area contributed by atoms with Crippen molar-refractivity contribution in [1.29, 1.82) is 0 Å². The van der Waals surface area contributed by atoms with Gasteiger partial charge in [0, 0.05) is 17.6 Å². The zero-order valence-corrected chi connectivity index (χ0v) is 14.4. The summed E-state index contributed by atoms with van der Waals surface area (Å²) >= 11 is 5.74. The van der Waals surface area contributed by atoms with E-state index < -0.39 is 11.7 Å². The van der Waals surface area contributed by atoms with Gasteiger partial charge in [-0.2, -0.15) is 0 Å². The summed E-state index contributed by atoms with van der Waals surface area (Å²) < 4.78 is 18.3. The number of hydrogen-bond acceptors (Lipinski definition) is 5. The van der Waals surface area contributed by atoms with Crippen LogP contribution in [-0.4, -0.2) is 23.0 Å². The molecule has 2 aromatic carbocycles. The number of rotatable bonds is 5. The van der Waals surface area contributed by atoms with Gasteiger partial charge >= 0.3 is 0 Å². The van der Waals surface area contributed by atoms with Crippen LogP contribution < -0.4 is 15.4 Å². The molecule has 8 heteroatoms. The van der Waals surface area contributed by atoms with E-state index in [-0.39, 0.29) is 16.7 Å². The molecule has 0 unspecified atom stereocenters. The summed E-state index contributed by atoms with van der Waals surface area (Å²) in [5, 5.41) is 5.59. The Labute approximate surface area is 154 Å². The number of methoxy groups -OCH3 is 1. The number of nitrogens with zero attached hydrogens (tertiary/aromatic N) is 2. The maximum atomic E-state index is 13.2. The lowest BCUT2D eigenvalue weighted by Gasteiger charge is -2.08. The summed E-state index contributed by atoms with van der Waals surface area (Å²) in [6.07, 6.45) is 1.45. The lowest BCUT2D eigenvalue weighted by Crippen LogP contribution is -2.14. The Kier molecular flexibility index (Phi) is 5.28. The molecule has 3 aromatic rings. The van der Waals surface area contributed by atoms with Gasteiger partial charge in [0.25, 0.3) is 5.91 Å². The maximum absolute atomic E-state index is 13.2. The van der Waals surface area contributed by atoms with E-state index in [9.17, 15) is 9.18 Å². The molecule has 0 aliphatic carbocycles. The maximum Gasteiger partial charge on any atom is 0.274 e. The minimum absolute atomic E-state index is 0.0246. The Balaban J connectivity index is 1.73. The van der Waals surface area contributed by atoms with E-state index in [1.165, 1.54) is 30.5 Å². The Morgan fingerprint density at radius 2 is 1.85 bits per heavy atom. The van der Waals surface area contributed by atoms with E-state index in [0.717, 1.165) is 0 Å². The Morgan fingerprint density at radius 1 is 1.12 bits per heavy atom. The van der Waals surface area contributed by atoms with Crippen LogP contribution in [0.2, 0.25) is 5.02 Å². The summed E-state index contributed by atoms with van der Waals surface area (Å²) in [6, 6.07) is 12.5. The van der Waals surface area contributed by atoms with Gasteiger partial charge in [-0.25, -0.2) is 14.4 Å². The van der Waals surface area contributed by atoms with Crippen LogP contribution in [0.5, 0.6) is 5.75 Å². The van der Waals surface area contributed by atoms with Gasteiger partial charge in [-0.1, -0.05) is 11.6 Å². The molecule has 1 heterocycles. The number of benzene rings is 2. The first kappa shape index (κ1) is 17.6. The predicted octanol–water partition coefficient (Wildman–Crippen LogP) is 4.27. The zero-order chi connectivity index (χ0) is 18.5. The van der Waals surface area contributed by atoms with Crippen LogP contribution >= 0.6 is 11.6 Å². The molecular formula is C18H14ClFN4O2. The molecule has 0 saturated carbocycles. The smallest absolute Gasteiger partial charge is 0.274 e. The predicted molar refractivity (Wildman–Crippen MR) is 97.7 cm³/mol. The first-order valence-electron chi connectivity index (χ1n) is 7.55. The molecule has 0 aliphatic heterocycles. The van der Waals surface area contributed by atoms with E-state index in [1.54, 1.807) is 31.4 Å². The van der Waals surface area contributed by atoms with Crippen molar-refractivity contribution >= 4 is 34.8 Å². The van der Waals surface area contributed by atoms with Crippen molar-refractivity contribution in [1.82, 2.24) is 9.97 Å². The van der Waals surface area contributed by atoms with Gasteiger partial charge in [0.2, 0.25) is 5.95 Å². The molecule has 0 bridgehead atoms. The molecule has 132 valence electrons. The number of nitrogens with one attached hydrogen (secondary N) is 2. The van der Waals surface area contributed by atoms with E-state index in [0.29, 0.717) is 17.1 Å². The Morgan fingerprint density at radius 3 is 2.54 bits per heavy atom. The number of carbonyl (C=O) groups is 1. The molecule has 0 saturated heterocycles. The first-order chi connectivity index (χ1) is 12.5. The summed E-state index contributed by atoms with van der Waals surface area (Å²) in [4.78, 5) is 20.5. The molecule has 1 aromatic heterocycles. The van der Waals surface area contributed by atoms with Crippen LogP contribution in [0, 0.1) is 5.82 Å². The van der Waals surface area contributed by atoms with Crippen molar-refractivity contribution in [2.24, 2.45) is 0 Å². The Hall–Kier alpha value is -3.19. The minimum Gasteiger partial charge on any atom is -0.497 e. The summed E-state index contributed by atoms with van der Waals surface area (Å²) in [7, 11) is 1.57. The zero-order valence-electron chi connectivity index (χ0n) is 13.7. The standard InChI is InChI=1S/C18H14ClFN4O2/c1-26-13-5-2-11(3-6-13)22-17(25)16-8-9-21-18(24-16)23-12-4-7-15(20)14(19)10-12/h2-10H,1H3,(H,22,25)(H,21,23,24). The third-order valence-electron chi connectivity index (χ3n) is 3.41. The summed E-state index contributed by atoms with van der Waals surface area (Å²) in [6.45, 7) is 0. The monoisotopic (exact) mass is 372 g/mol. The van der Waals surface area contributed by atoms with Crippen LogP contribution in [0.15, 0.2) is 54.7 Å². The van der Waals surface area contributed by atoms with Crippen molar-refractivity contribution in [2.45, 2.75) is 0 Å². The molecular weight excluding hydrogens is 359 g/mol. The normalized spacial score (nSPS) is 10.3. The molecule has 3 rings (SSSR count). The minimum atomic E-state index is -0.522. The van der Waals surface area contributed by atoms with Crippen LogP contribution in [0.1, 0.15) is 10.5 Å². The second kappa shape index (κ2) is 7.79. The SMILES string of the molecule is COc1ccc(NC(=O)c2ccnc(Nc3ccc(F)c(Cl)c3)n2)cc1. The molecule has 1 amide bonds. The van der Waals surface area contributed by atoms with E-state index in [1.807, 2.05) is 0 Å². The van der Waals surface area contributed by atoms with Gasteiger partial charge in [0.15, 0.2) is 0 Å². The number of amides is 1. The van der Waals surface area contributed by atoms with E-state index >= 15 is 0 Å². The van der Waals surface area contributed by atoms with Gasteiger partial charge < -0.3 is 15.4 Å². The largest absolute Gasteiger partial charge is 0.497 e. The first-order valence-corrected chi connectivity index (χ1v) is 7.93. The topological polar surface area (TPSA) is 76.1 Å². The fourth-order valence-electron chi connectivity index (χ4n) is 2.12. The third kappa shape index (κ3) is 4.25. The highest BCUT2D eigenvalue weighted by atomic mass is 35.5. The second-order valence-corrected chi connectivity index (χ2v) is 5.61. The van der Waals surface area contributed by atoms with E-state index in [2.05, 4.69) is 20.6 Å². The van der Waals surface area contributed by atoms with Crippen molar-refractivity contribution in [2.75, 3.05) is 17.7 Å². The third-order valence-corrected chi connectivity index (χ3v) is 3.70. The average Bonchev–Trinajstić information content (AvgIpc) is 2.65. The highest BCUT2D eigenvalue weighted by Gasteiger charge is 2.10. The number of carbonyl (C=O) groups excluding carboxylic acids is 1. The van der Waals surface area contributed by atoms with Crippen molar-refractivity contribution < 1.29 is 13.9 Å². The van der Waals surface area contributed by atoms with Crippen molar-refractivity contribution in [3.05, 3.63) is 71.3 Å². The quantitative estimate of drug-likeness (QED) is 0.699. The summed E-state index contributed by atoms with van der Waals surface area (Å²) in [5.74, 6) is -0.0342. The molecule has 2 N–H and O–H groups in total. The van der Waals surface area contributed by atoms with Crippen molar-refractivity contribution in [3.8, 4) is 5.75 Å². The molecule has 26 heavy (non-hydrogen) atoms. The highest BCUT2D eigenvalue weighted by molar-refractivity contribution is 6.31. The molecule has 0 fully saturated rings. The number of aromatic nitrogens is 2. The van der Waals surface area contributed by atoms with Gasteiger partial charge in [-0.05, 0) is 48.5 Å². The molecule has 0 atom stereocenters. The molecule has 0 radical (unpaired) electrons.